The number of carbonyl (C=O) groups excluding carboxylic acids is 1. The number of alkyl halides is 2. The summed E-state index contributed by atoms with van der Waals surface area (Å²) in [6.45, 7) is 0. The molecule has 0 spiro atoms. The molecule has 0 radical (unpaired) electrons. The highest BCUT2D eigenvalue weighted by atomic mass is 127. The summed E-state index contributed by atoms with van der Waals surface area (Å²) in [5.41, 5.74) is 1.16. The first-order valence-electron chi connectivity index (χ1n) is 5.67. The molecule has 0 bridgehead atoms. The predicted octanol–water partition coefficient (Wildman–Crippen LogP) is 4.86. The molecule has 0 atom stereocenters. The van der Waals surface area contributed by atoms with Gasteiger partial charge in [0.05, 0.1) is 5.69 Å². The number of hydrogen-bond donors (Lipinski definition) is 1. The van der Waals surface area contributed by atoms with Crippen LogP contribution in [0.3, 0.4) is 0 Å². The fraction of sp³-hybridized carbons (Fsp3) is 0.0714. The van der Waals surface area contributed by atoms with Crippen molar-refractivity contribution in [2.24, 2.45) is 0 Å². The van der Waals surface area contributed by atoms with Gasteiger partial charge < -0.3 is 5.32 Å². The summed E-state index contributed by atoms with van der Waals surface area (Å²) in [7, 11) is 0. The van der Waals surface area contributed by atoms with E-state index in [-0.39, 0.29) is 5.91 Å². The first-order valence-corrected chi connectivity index (χ1v) is 7.63. The van der Waals surface area contributed by atoms with Crippen molar-refractivity contribution in [1.29, 1.82) is 0 Å². The number of halogens is 3. The number of anilines is 1. The zero-order valence-corrected chi connectivity index (χ0v) is 13.1. The highest BCUT2D eigenvalue weighted by molar-refractivity contribution is 14.1. The molecule has 0 aliphatic rings. The first-order chi connectivity index (χ1) is 9.56. The summed E-state index contributed by atoms with van der Waals surface area (Å²) >= 11 is 2.59. The van der Waals surface area contributed by atoms with E-state index in [1.165, 1.54) is 24.3 Å². The van der Waals surface area contributed by atoms with Crippen LogP contribution in [0.5, 0.6) is 0 Å². The number of amides is 1. The molecule has 104 valence electrons. The molecule has 1 N–H and O–H groups in total. The minimum Gasteiger partial charge on any atom is -0.321 e. The Morgan fingerprint density at radius 2 is 1.75 bits per heavy atom. The Morgan fingerprint density at radius 1 is 1.10 bits per heavy atom. The molecule has 0 heterocycles. The quantitative estimate of drug-likeness (QED) is 0.582. The van der Waals surface area contributed by atoms with E-state index in [1.54, 1.807) is 6.07 Å². The van der Waals surface area contributed by atoms with Gasteiger partial charge in [0.25, 0.3) is 11.7 Å². The number of nitrogens with one attached hydrogen (secondary N) is 1. The summed E-state index contributed by atoms with van der Waals surface area (Å²) in [4.78, 5) is 12.5. The van der Waals surface area contributed by atoms with E-state index in [1.807, 2.05) is 18.2 Å². The van der Waals surface area contributed by atoms with Crippen LogP contribution in [0.4, 0.5) is 14.5 Å². The van der Waals surface area contributed by atoms with Crippen molar-refractivity contribution in [3.05, 3.63) is 57.7 Å². The monoisotopic (exact) mass is 405 g/mol. The zero-order chi connectivity index (χ0) is 14.5. The van der Waals surface area contributed by atoms with Gasteiger partial charge in [-0.05, 0) is 59.0 Å². The SMILES string of the molecule is O=C(Nc1ccccc1I)c1ccc(SC(F)F)cc1. The second-order valence-electron chi connectivity index (χ2n) is 3.84. The normalized spacial score (nSPS) is 10.6. The molecule has 20 heavy (non-hydrogen) atoms. The summed E-state index contributed by atoms with van der Waals surface area (Å²) in [5, 5.41) is 2.79. The smallest absolute Gasteiger partial charge is 0.288 e. The van der Waals surface area contributed by atoms with Crippen molar-refractivity contribution in [1.82, 2.24) is 0 Å². The van der Waals surface area contributed by atoms with Gasteiger partial charge in [-0.1, -0.05) is 23.9 Å². The average Bonchev–Trinajstić information content (AvgIpc) is 2.41. The van der Waals surface area contributed by atoms with E-state index in [4.69, 9.17) is 0 Å². The number of thioether (sulfide) groups is 1. The molecule has 0 unspecified atom stereocenters. The van der Waals surface area contributed by atoms with Crippen molar-refractivity contribution < 1.29 is 13.6 Å². The van der Waals surface area contributed by atoms with Crippen LogP contribution in [-0.2, 0) is 0 Å². The Hall–Kier alpha value is -1.15. The van der Waals surface area contributed by atoms with E-state index in [0.717, 1.165) is 9.26 Å². The third kappa shape index (κ3) is 4.17. The van der Waals surface area contributed by atoms with Crippen LogP contribution in [0.2, 0.25) is 0 Å². The predicted molar refractivity (Wildman–Crippen MR) is 85.4 cm³/mol. The van der Waals surface area contributed by atoms with Gasteiger partial charge >= 0.3 is 0 Å². The Labute approximate surface area is 133 Å². The molecule has 2 aromatic carbocycles. The number of benzene rings is 2. The minimum absolute atomic E-state index is 0.261. The molecule has 0 aliphatic carbocycles. The molecule has 2 rings (SSSR count). The van der Waals surface area contributed by atoms with Gasteiger partial charge in [-0.2, -0.15) is 8.78 Å². The van der Waals surface area contributed by atoms with Crippen molar-refractivity contribution in [3.8, 4) is 0 Å². The maximum absolute atomic E-state index is 12.2. The number of para-hydroxylation sites is 1. The third-order valence-electron chi connectivity index (χ3n) is 2.46. The second-order valence-corrected chi connectivity index (χ2v) is 6.06. The maximum atomic E-state index is 12.2. The lowest BCUT2D eigenvalue weighted by Gasteiger charge is -2.07. The third-order valence-corrected chi connectivity index (χ3v) is 4.13. The van der Waals surface area contributed by atoms with Gasteiger partial charge in [-0.3, -0.25) is 4.79 Å². The molecule has 6 heteroatoms. The van der Waals surface area contributed by atoms with Crippen molar-refractivity contribution in [2.45, 2.75) is 10.7 Å². The Kier molecular flexibility index (Phi) is 5.36. The number of carbonyl (C=O) groups is 1. The van der Waals surface area contributed by atoms with Crippen LogP contribution in [0.25, 0.3) is 0 Å². The van der Waals surface area contributed by atoms with Crippen LogP contribution < -0.4 is 5.32 Å². The van der Waals surface area contributed by atoms with Crippen LogP contribution in [0.1, 0.15) is 10.4 Å². The van der Waals surface area contributed by atoms with E-state index in [9.17, 15) is 13.6 Å². The lowest BCUT2D eigenvalue weighted by Crippen LogP contribution is -2.12. The van der Waals surface area contributed by atoms with Crippen molar-refractivity contribution in [3.63, 3.8) is 0 Å². The fourth-order valence-electron chi connectivity index (χ4n) is 1.54. The molecule has 0 aromatic heterocycles. The molecule has 0 fully saturated rings. The van der Waals surface area contributed by atoms with Crippen LogP contribution in [0, 0.1) is 3.57 Å². The molecule has 2 aromatic rings. The van der Waals surface area contributed by atoms with Gasteiger partial charge in [-0.25, -0.2) is 0 Å². The van der Waals surface area contributed by atoms with Crippen LogP contribution >= 0.6 is 34.4 Å². The van der Waals surface area contributed by atoms with Gasteiger partial charge in [0.1, 0.15) is 0 Å². The van der Waals surface area contributed by atoms with E-state index in [2.05, 4.69) is 27.9 Å². The number of hydrogen-bond acceptors (Lipinski definition) is 2. The molecule has 0 saturated carbocycles. The van der Waals surface area contributed by atoms with E-state index in [0.29, 0.717) is 22.2 Å². The van der Waals surface area contributed by atoms with Crippen molar-refractivity contribution in [2.75, 3.05) is 5.32 Å². The molecule has 2 nitrogen and oxygen atoms in total. The fourth-order valence-corrected chi connectivity index (χ4v) is 2.57. The largest absolute Gasteiger partial charge is 0.321 e. The summed E-state index contributed by atoms with van der Waals surface area (Å²) in [5.74, 6) is -2.72. The van der Waals surface area contributed by atoms with Gasteiger partial charge in [0.15, 0.2) is 0 Å². The van der Waals surface area contributed by atoms with Crippen LogP contribution in [-0.4, -0.2) is 11.7 Å². The van der Waals surface area contributed by atoms with Crippen molar-refractivity contribution >= 4 is 45.9 Å². The maximum Gasteiger partial charge on any atom is 0.288 e. The molecular weight excluding hydrogens is 395 g/mol. The number of rotatable bonds is 4. The summed E-state index contributed by atoms with van der Waals surface area (Å²) < 4.78 is 25.3. The Morgan fingerprint density at radius 3 is 2.35 bits per heavy atom. The minimum atomic E-state index is -2.46. The highest BCUT2D eigenvalue weighted by Crippen LogP contribution is 2.25. The molecule has 1 amide bonds. The topological polar surface area (TPSA) is 29.1 Å². The first kappa shape index (κ1) is 15.2. The van der Waals surface area contributed by atoms with Gasteiger partial charge in [-0.15, -0.1) is 0 Å². The molecular formula is C14H10F2INOS. The summed E-state index contributed by atoms with van der Waals surface area (Å²) in [6, 6.07) is 13.5. The standard InChI is InChI=1S/C14H10F2INOS/c15-14(16)20-10-7-5-9(6-8-10)13(19)18-12-4-2-1-3-11(12)17/h1-8,14H,(H,18,19). The molecule has 0 saturated heterocycles. The van der Waals surface area contributed by atoms with Crippen LogP contribution in [0.15, 0.2) is 53.4 Å². The van der Waals surface area contributed by atoms with Gasteiger partial charge in [0.2, 0.25) is 0 Å². The highest BCUT2D eigenvalue weighted by Gasteiger charge is 2.09. The van der Waals surface area contributed by atoms with E-state index < -0.39 is 5.76 Å². The zero-order valence-electron chi connectivity index (χ0n) is 10.1. The lowest BCUT2D eigenvalue weighted by molar-refractivity contribution is 0.102. The Bertz CT molecular complexity index is 604. The van der Waals surface area contributed by atoms with Gasteiger partial charge in [0, 0.05) is 14.0 Å². The average molecular weight is 405 g/mol. The molecule has 0 aliphatic heterocycles. The van der Waals surface area contributed by atoms with E-state index >= 15 is 0 Å². The second kappa shape index (κ2) is 7.03. The summed E-state index contributed by atoms with van der Waals surface area (Å²) in [6.07, 6.45) is 0. The lowest BCUT2D eigenvalue weighted by atomic mass is 10.2. The Balaban J connectivity index is 2.08.